The van der Waals surface area contributed by atoms with Crippen molar-refractivity contribution in [2.45, 2.75) is 81.6 Å². The predicted molar refractivity (Wildman–Crippen MR) is 82.1 cm³/mol. The maximum atomic E-state index is 3.48. The first-order valence-electron chi connectivity index (χ1n) is 6.90. The maximum Gasteiger partial charge on any atom is -0.0382 e. The summed E-state index contributed by atoms with van der Waals surface area (Å²) in [5, 5.41) is 0. The molecule has 0 spiro atoms. The lowest BCUT2D eigenvalue weighted by Crippen LogP contribution is -1.66. The molecule has 0 saturated heterocycles. The van der Waals surface area contributed by atoms with E-state index in [0.29, 0.717) is 0 Å². The summed E-state index contributed by atoms with van der Waals surface area (Å²) in [5.74, 6) is 1.67. The molecule has 0 aromatic rings. The average molecular weight is 230 g/mol. The van der Waals surface area contributed by atoms with Crippen LogP contribution < -0.4 is 0 Å². The highest BCUT2D eigenvalue weighted by Gasteiger charge is 1.68. The van der Waals surface area contributed by atoms with Gasteiger partial charge in [0, 0.05) is 0 Å². The zero-order valence-electron chi connectivity index (χ0n) is 13.6. The summed E-state index contributed by atoms with van der Waals surface area (Å²) < 4.78 is 0. The lowest BCUT2D eigenvalue weighted by atomic mass is 10.3. The minimum Gasteiger partial charge on any atom is -0.103 e. The van der Waals surface area contributed by atoms with Crippen LogP contribution in [0.1, 0.15) is 81.6 Å². The molecule has 0 rings (SSSR count). The lowest BCUT2D eigenvalue weighted by Gasteiger charge is -1.79. The molecule has 0 heteroatoms. The molecule has 0 amide bonds. The predicted octanol–water partition coefficient (Wildman–Crippen LogP) is 6.71. The van der Waals surface area contributed by atoms with Gasteiger partial charge in [-0.2, -0.15) is 0 Å². The highest BCUT2D eigenvalue weighted by Crippen LogP contribution is 1.81. The Labute approximate surface area is 107 Å². The molecule has 0 N–H and O–H groups in total. The van der Waals surface area contributed by atoms with Crippen molar-refractivity contribution >= 4 is 0 Å². The quantitative estimate of drug-likeness (QED) is 0.462. The van der Waals surface area contributed by atoms with Crippen molar-refractivity contribution in [1.82, 2.24) is 0 Å². The second-order valence-electron chi connectivity index (χ2n) is 5.16. The average Bonchev–Trinajstić information content (AvgIpc) is 2.16. The van der Waals surface area contributed by atoms with E-state index in [1.165, 1.54) is 12.8 Å². The van der Waals surface area contributed by atoms with Crippen molar-refractivity contribution < 1.29 is 0 Å². The minimum absolute atomic E-state index is 0.833. The van der Waals surface area contributed by atoms with E-state index in [4.69, 9.17) is 0 Å². The van der Waals surface area contributed by atoms with Gasteiger partial charge in [0.15, 0.2) is 0 Å². The number of unbranched alkanes of at least 4 members (excludes halogenated alkanes) is 1. The molecule has 0 fully saturated rings. The Morgan fingerprint density at radius 1 is 0.750 bits per heavy atom. The van der Waals surface area contributed by atoms with Gasteiger partial charge in [0.25, 0.3) is 0 Å². The van der Waals surface area contributed by atoms with Gasteiger partial charge in [-0.25, -0.2) is 0 Å². The Morgan fingerprint density at radius 3 is 0.875 bits per heavy atom. The number of allylic oxidation sites excluding steroid dienone is 1. The van der Waals surface area contributed by atoms with Gasteiger partial charge in [-0.3, -0.25) is 0 Å². The minimum atomic E-state index is 0.833. The Bertz CT molecular complexity index is 66.5. The van der Waals surface area contributed by atoms with Crippen molar-refractivity contribution in [1.29, 1.82) is 0 Å². The van der Waals surface area contributed by atoms with Crippen LogP contribution in [0.4, 0.5) is 0 Å². The van der Waals surface area contributed by atoms with Gasteiger partial charge in [-0.1, -0.05) is 81.2 Å². The molecule has 0 aromatic heterocycles. The van der Waals surface area contributed by atoms with E-state index >= 15 is 0 Å². The number of hydrogen-bond donors (Lipinski definition) is 0. The lowest BCUT2D eigenvalue weighted by molar-refractivity contribution is 0.736. The molecular formula is C16H38. The molecule has 0 aliphatic rings. The fourth-order valence-corrected chi connectivity index (χ4v) is 0. The molecule has 0 aliphatic heterocycles. The zero-order chi connectivity index (χ0) is 14.0. The van der Waals surface area contributed by atoms with Crippen LogP contribution in [-0.2, 0) is 0 Å². The number of rotatable bonds is 2. The zero-order valence-corrected chi connectivity index (χ0v) is 13.6. The van der Waals surface area contributed by atoms with Crippen molar-refractivity contribution in [3.63, 3.8) is 0 Å². The summed E-state index contributed by atoms with van der Waals surface area (Å²) in [5.41, 5.74) is 0. The van der Waals surface area contributed by atoms with Gasteiger partial charge >= 0.3 is 0 Å². The van der Waals surface area contributed by atoms with Crippen LogP contribution in [0.5, 0.6) is 0 Å². The Kier molecular flexibility index (Phi) is 45.5. The molecule has 102 valence electrons. The molecule has 0 radical (unpaired) electrons. The fraction of sp³-hybridized carbons (Fsp3) is 0.875. The van der Waals surface area contributed by atoms with E-state index < -0.39 is 0 Å². The first-order valence-corrected chi connectivity index (χ1v) is 6.90. The molecule has 0 heterocycles. The van der Waals surface area contributed by atoms with Crippen LogP contribution in [0, 0.1) is 11.8 Å². The first kappa shape index (κ1) is 24.8. The van der Waals surface area contributed by atoms with E-state index in [1.54, 1.807) is 0 Å². The SMILES string of the molecule is C=CCC.CC(C)C.CC(C)C.CCCC. The number of hydrogen-bond acceptors (Lipinski definition) is 0. The highest BCUT2D eigenvalue weighted by molar-refractivity contribution is 4.60. The van der Waals surface area contributed by atoms with Gasteiger partial charge in [-0.05, 0) is 18.3 Å². The topological polar surface area (TPSA) is 0 Å². The second-order valence-corrected chi connectivity index (χ2v) is 5.16. The summed E-state index contributed by atoms with van der Waals surface area (Å²) in [4.78, 5) is 0. The highest BCUT2D eigenvalue weighted by atomic mass is 13.7. The van der Waals surface area contributed by atoms with Gasteiger partial charge in [0.2, 0.25) is 0 Å². The third kappa shape index (κ3) is 737. The third-order valence-electron chi connectivity index (χ3n) is 0.789. The van der Waals surface area contributed by atoms with Crippen LogP contribution in [0.2, 0.25) is 0 Å². The van der Waals surface area contributed by atoms with E-state index in [2.05, 4.69) is 68.9 Å². The Balaban J connectivity index is -0.0000000600. The van der Waals surface area contributed by atoms with Gasteiger partial charge in [0.1, 0.15) is 0 Å². The Morgan fingerprint density at radius 2 is 0.875 bits per heavy atom. The molecule has 0 aromatic carbocycles. The monoisotopic (exact) mass is 230 g/mol. The standard InChI is InChI=1S/3C4H10.C4H8/c2*1-4(2)3;2*1-3-4-2/h2*4H,1-3H3;3-4H2,1-2H3;3H,1,4H2,2H3. The maximum absolute atomic E-state index is 3.48. The molecule has 0 saturated carbocycles. The smallest absolute Gasteiger partial charge is 0.0382 e. The molecule has 0 nitrogen and oxygen atoms in total. The van der Waals surface area contributed by atoms with E-state index in [-0.39, 0.29) is 0 Å². The Hall–Kier alpha value is -0.260. The third-order valence-corrected chi connectivity index (χ3v) is 0.789. The fourth-order valence-electron chi connectivity index (χ4n) is 0. The molecule has 16 heavy (non-hydrogen) atoms. The van der Waals surface area contributed by atoms with E-state index in [1.807, 2.05) is 6.08 Å². The largest absolute Gasteiger partial charge is 0.103 e. The van der Waals surface area contributed by atoms with Gasteiger partial charge in [-0.15, -0.1) is 6.58 Å². The van der Waals surface area contributed by atoms with Crippen molar-refractivity contribution in [3.05, 3.63) is 12.7 Å². The van der Waals surface area contributed by atoms with Crippen LogP contribution in [-0.4, -0.2) is 0 Å². The summed E-state index contributed by atoms with van der Waals surface area (Å²) in [6.07, 6.45) is 5.60. The summed E-state index contributed by atoms with van der Waals surface area (Å²) in [6, 6.07) is 0. The van der Waals surface area contributed by atoms with Crippen LogP contribution >= 0.6 is 0 Å². The van der Waals surface area contributed by atoms with E-state index in [0.717, 1.165) is 18.3 Å². The van der Waals surface area contributed by atoms with Crippen LogP contribution in [0.25, 0.3) is 0 Å². The van der Waals surface area contributed by atoms with Crippen molar-refractivity contribution in [2.75, 3.05) is 0 Å². The molecule has 0 unspecified atom stereocenters. The van der Waals surface area contributed by atoms with Crippen LogP contribution in [0.3, 0.4) is 0 Å². The summed E-state index contributed by atoms with van der Waals surface area (Å²) in [7, 11) is 0. The first-order chi connectivity index (χ1) is 7.29. The molecule has 0 bridgehead atoms. The van der Waals surface area contributed by atoms with E-state index in [9.17, 15) is 0 Å². The summed E-state index contributed by atoms with van der Waals surface area (Å²) in [6.45, 7) is 22.9. The van der Waals surface area contributed by atoms with Crippen molar-refractivity contribution in [3.8, 4) is 0 Å². The van der Waals surface area contributed by atoms with Gasteiger partial charge in [0.05, 0.1) is 0 Å². The molecular weight excluding hydrogens is 192 g/mol. The van der Waals surface area contributed by atoms with Crippen LogP contribution in [0.15, 0.2) is 12.7 Å². The second kappa shape index (κ2) is 29.3. The molecule has 0 atom stereocenters. The normalized spacial score (nSPS) is 7.94. The summed E-state index contributed by atoms with van der Waals surface area (Å²) >= 11 is 0. The molecule has 0 aliphatic carbocycles. The van der Waals surface area contributed by atoms with Gasteiger partial charge < -0.3 is 0 Å². The van der Waals surface area contributed by atoms with Crippen molar-refractivity contribution in [2.24, 2.45) is 11.8 Å².